The van der Waals surface area contributed by atoms with E-state index in [1.807, 2.05) is 0 Å². The molecule has 1 saturated heterocycles. The zero-order chi connectivity index (χ0) is 54.7. The summed E-state index contributed by atoms with van der Waals surface area (Å²) in [6, 6.07) is 0. The number of carbonyl (C=O) groups is 4. The molecule has 0 radical (unpaired) electrons. The number of aliphatic hydroxyl groups is 2. The Kier molecular flexibility index (Phi) is 45.8. The van der Waals surface area contributed by atoms with Crippen LogP contribution in [0.1, 0.15) is 213 Å². The minimum atomic E-state index is -1.92. The molecule has 6 unspecified atom stereocenters. The molecule has 0 spiro atoms. The summed E-state index contributed by atoms with van der Waals surface area (Å²) in [4.78, 5) is 51.0. The lowest BCUT2D eigenvalue weighted by atomic mass is 9.98. The predicted octanol–water partition coefficient (Wildman–Crippen LogP) is 14.7. The number of ether oxygens (including phenoxy) is 5. The average Bonchev–Trinajstić information content (AvgIpc) is 3.39. The van der Waals surface area contributed by atoms with E-state index in [1.54, 1.807) is 0 Å². The molecular formula is C63H100O12. The largest absolute Gasteiger partial charge is 0.479 e. The van der Waals surface area contributed by atoms with E-state index in [0.717, 1.165) is 141 Å². The number of hydrogen-bond acceptors (Lipinski definition) is 11. The standard InChI is InChI=1S/C63H100O12/c1-4-7-10-13-16-19-22-24-26-27-28-29-31-33-36-39-42-45-48-51-57(66)74-61-59(68)58(67)60(62(69)70)75-63(61)72-53-54(73-56(65)50-47-44-41-38-34-21-18-15-12-9-6-3)52-71-55(64)49-46-43-40-37-35-32-30-25-23-20-17-14-11-8-5-2/h7-8,10-11,15-20,24-26,28-30,35,37,54,58-61,63,67-68H,4-6,9,12-14,21-23,27,31-34,36,38-53H2,1-3H3,(H,69,70)/b10-7-,11-8-,18-15-,19-16-,20-17-,26-24-,29-28-,30-25-,37-35-. The monoisotopic (exact) mass is 1050 g/mol. The van der Waals surface area contributed by atoms with E-state index in [2.05, 4.69) is 130 Å². The van der Waals surface area contributed by atoms with Crippen LogP contribution in [0.3, 0.4) is 0 Å². The molecule has 3 N–H and O–H groups in total. The third-order valence-electron chi connectivity index (χ3n) is 12.3. The quantitative estimate of drug-likeness (QED) is 0.0228. The van der Waals surface area contributed by atoms with Crippen LogP contribution in [0.25, 0.3) is 0 Å². The molecule has 12 heteroatoms. The molecule has 1 heterocycles. The van der Waals surface area contributed by atoms with Crippen molar-refractivity contribution in [3.05, 3.63) is 109 Å². The van der Waals surface area contributed by atoms with Gasteiger partial charge in [0, 0.05) is 19.3 Å². The SMILES string of the molecule is CC/C=C\C/C=C\C/C=C\C/C=C\CCCCCCCCC(=O)OC1C(OCC(COC(=O)CCCC/C=C\C/C=C\C/C=C\C/C=C\CC)OC(=O)CCCCCCC/C=C\CCCC)OC(C(=O)O)C(O)C1O. The van der Waals surface area contributed by atoms with E-state index in [4.69, 9.17) is 23.7 Å². The third kappa shape index (κ3) is 40.3. The van der Waals surface area contributed by atoms with Crippen molar-refractivity contribution in [2.24, 2.45) is 0 Å². The van der Waals surface area contributed by atoms with Crippen molar-refractivity contribution in [3.63, 3.8) is 0 Å². The van der Waals surface area contributed by atoms with Crippen LogP contribution in [-0.2, 0) is 42.9 Å². The number of hydrogen-bond donors (Lipinski definition) is 3. The van der Waals surface area contributed by atoms with Crippen molar-refractivity contribution in [2.75, 3.05) is 13.2 Å². The van der Waals surface area contributed by atoms with Gasteiger partial charge < -0.3 is 39.0 Å². The Hall–Kier alpha value is -4.62. The molecule has 0 aromatic rings. The zero-order valence-electron chi connectivity index (χ0n) is 46.5. The number of aliphatic carboxylic acids is 1. The first-order valence-corrected chi connectivity index (χ1v) is 28.9. The number of esters is 3. The summed E-state index contributed by atoms with van der Waals surface area (Å²) >= 11 is 0. The van der Waals surface area contributed by atoms with Gasteiger partial charge >= 0.3 is 23.9 Å². The molecule has 1 fully saturated rings. The number of carboxylic acids is 1. The zero-order valence-corrected chi connectivity index (χ0v) is 46.5. The summed E-state index contributed by atoms with van der Waals surface area (Å²) in [6.07, 6.45) is 54.9. The molecule has 424 valence electrons. The summed E-state index contributed by atoms with van der Waals surface area (Å²) in [5.41, 5.74) is 0. The molecule has 75 heavy (non-hydrogen) atoms. The van der Waals surface area contributed by atoms with Gasteiger partial charge in [0.15, 0.2) is 24.6 Å². The lowest BCUT2D eigenvalue weighted by Crippen LogP contribution is -2.61. The molecule has 0 aliphatic carbocycles. The maximum atomic E-state index is 13.1. The van der Waals surface area contributed by atoms with Crippen molar-refractivity contribution in [3.8, 4) is 0 Å². The summed E-state index contributed by atoms with van der Waals surface area (Å²) in [5.74, 6) is -3.22. The Morgan fingerprint density at radius 1 is 0.453 bits per heavy atom. The summed E-state index contributed by atoms with van der Waals surface area (Å²) < 4.78 is 28.3. The second kappa shape index (κ2) is 50.2. The maximum Gasteiger partial charge on any atom is 0.335 e. The smallest absolute Gasteiger partial charge is 0.335 e. The van der Waals surface area contributed by atoms with Gasteiger partial charge in [-0.1, -0.05) is 188 Å². The molecule has 0 amide bonds. The van der Waals surface area contributed by atoms with Crippen molar-refractivity contribution in [1.82, 2.24) is 0 Å². The van der Waals surface area contributed by atoms with Gasteiger partial charge in [-0.25, -0.2) is 4.79 Å². The van der Waals surface area contributed by atoms with E-state index in [9.17, 15) is 34.5 Å². The van der Waals surface area contributed by atoms with E-state index in [1.165, 1.54) is 12.8 Å². The van der Waals surface area contributed by atoms with E-state index in [-0.39, 0.29) is 25.9 Å². The fraction of sp³-hybridized carbons (Fsp3) is 0.651. The number of unbranched alkanes of at least 4 members (excludes halogenated alkanes) is 15. The summed E-state index contributed by atoms with van der Waals surface area (Å²) in [6.45, 7) is 5.66. The topological polar surface area (TPSA) is 175 Å². The normalized spacial score (nSPS) is 19.0. The summed E-state index contributed by atoms with van der Waals surface area (Å²) in [5, 5.41) is 31.5. The minimum absolute atomic E-state index is 0.0338. The maximum absolute atomic E-state index is 13.1. The Labute approximate surface area is 453 Å². The number of rotatable bonds is 47. The molecule has 6 atom stereocenters. The molecule has 0 aromatic carbocycles. The van der Waals surface area contributed by atoms with E-state index < -0.39 is 67.3 Å². The summed E-state index contributed by atoms with van der Waals surface area (Å²) in [7, 11) is 0. The molecular weight excluding hydrogens is 949 g/mol. The highest BCUT2D eigenvalue weighted by Gasteiger charge is 2.50. The lowest BCUT2D eigenvalue weighted by molar-refractivity contribution is -0.301. The average molecular weight is 1050 g/mol. The van der Waals surface area contributed by atoms with Crippen LogP contribution in [0.15, 0.2) is 109 Å². The Bertz CT molecular complexity index is 1720. The highest BCUT2D eigenvalue weighted by Crippen LogP contribution is 2.26. The fourth-order valence-corrected chi connectivity index (χ4v) is 7.92. The van der Waals surface area contributed by atoms with Crippen LogP contribution < -0.4 is 0 Å². The second-order valence-electron chi connectivity index (χ2n) is 19.2. The Morgan fingerprint density at radius 3 is 1.32 bits per heavy atom. The van der Waals surface area contributed by atoms with Gasteiger partial charge in [-0.3, -0.25) is 14.4 Å². The highest BCUT2D eigenvalue weighted by atomic mass is 16.7. The predicted molar refractivity (Wildman–Crippen MR) is 303 cm³/mol. The molecule has 12 nitrogen and oxygen atoms in total. The Balaban J connectivity index is 2.71. The van der Waals surface area contributed by atoms with Gasteiger partial charge in [-0.2, -0.15) is 0 Å². The lowest BCUT2D eigenvalue weighted by Gasteiger charge is -2.40. The van der Waals surface area contributed by atoms with Gasteiger partial charge in [0.2, 0.25) is 0 Å². The first kappa shape index (κ1) is 68.4. The van der Waals surface area contributed by atoms with Crippen LogP contribution in [0.4, 0.5) is 0 Å². The van der Waals surface area contributed by atoms with Crippen molar-refractivity contribution < 1.29 is 58.2 Å². The van der Waals surface area contributed by atoms with Crippen molar-refractivity contribution in [1.29, 1.82) is 0 Å². The fourth-order valence-electron chi connectivity index (χ4n) is 7.92. The van der Waals surface area contributed by atoms with Crippen LogP contribution in [0, 0.1) is 0 Å². The van der Waals surface area contributed by atoms with Crippen LogP contribution >= 0.6 is 0 Å². The van der Waals surface area contributed by atoms with Crippen molar-refractivity contribution >= 4 is 23.9 Å². The Morgan fingerprint density at radius 2 is 0.840 bits per heavy atom. The minimum Gasteiger partial charge on any atom is -0.479 e. The first-order valence-electron chi connectivity index (χ1n) is 28.9. The number of carbonyl (C=O) groups excluding carboxylic acids is 3. The second-order valence-corrected chi connectivity index (χ2v) is 19.2. The van der Waals surface area contributed by atoms with Crippen LogP contribution in [0.2, 0.25) is 0 Å². The molecule has 1 aliphatic rings. The molecule has 1 rings (SSSR count). The van der Waals surface area contributed by atoms with Gasteiger partial charge in [-0.15, -0.1) is 0 Å². The first-order chi connectivity index (χ1) is 36.6. The van der Waals surface area contributed by atoms with Gasteiger partial charge in [-0.05, 0) is 116 Å². The van der Waals surface area contributed by atoms with Crippen molar-refractivity contribution in [2.45, 2.75) is 250 Å². The van der Waals surface area contributed by atoms with Gasteiger partial charge in [0.1, 0.15) is 18.8 Å². The number of carboxylic acid groups (broad SMARTS) is 1. The van der Waals surface area contributed by atoms with Gasteiger partial charge in [0.25, 0.3) is 0 Å². The van der Waals surface area contributed by atoms with E-state index in [0.29, 0.717) is 19.3 Å². The molecule has 0 bridgehead atoms. The number of aliphatic hydroxyl groups excluding tert-OH is 2. The molecule has 0 saturated carbocycles. The van der Waals surface area contributed by atoms with Crippen LogP contribution in [0.5, 0.6) is 0 Å². The highest BCUT2D eigenvalue weighted by molar-refractivity contribution is 5.74. The van der Waals surface area contributed by atoms with Gasteiger partial charge in [0.05, 0.1) is 6.61 Å². The molecule has 1 aliphatic heterocycles. The van der Waals surface area contributed by atoms with E-state index >= 15 is 0 Å². The number of allylic oxidation sites excluding steroid dienone is 18. The third-order valence-corrected chi connectivity index (χ3v) is 12.3. The molecule has 0 aromatic heterocycles. The van der Waals surface area contributed by atoms with Crippen LogP contribution in [-0.4, -0.2) is 89.2 Å².